The minimum Gasteiger partial charge on any atom is -0.480 e. The molecular formula is C13H23N3O4. The van der Waals surface area contributed by atoms with Crippen molar-refractivity contribution in [2.75, 3.05) is 26.7 Å². The van der Waals surface area contributed by atoms with E-state index in [0.29, 0.717) is 6.54 Å². The summed E-state index contributed by atoms with van der Waals surface area (Å²) in [6.45, 7) is 2.46. The lowest BCUT2D eigenvalue weighted by Crippen LogP contribution is -2.46. The average Bonchev–Trinajstić information content (AvgIpc) is 3.20. The van der Waals surface area contributed by atoms with Gasteiger partial charge in [0.25, 0.3) is 0 Å². The van der Waals surface area contributed by atoms with Gasteiger partial charge in [0.15, 0.2) is 0 Å². The second-order valence-electron chi connectivity index (χ2n) is 5.13. The number of carbonyl (C=O) groups is 3. The molecular weight excluding hydrogens is 262 g/mol. The second kappa shape index (κ2) is 7.84. The Morgan fingerprint density at radius 1 is 1.35 bits per heavy atom. The first-order valence-corrected chi connectivity index (χ1v) is 6.92. The fourth-order valence-corrected chi connectivity index (χ4v) is 1.84. The summed E-state index contributed by atoms with van der Waals surface area (Å²) in [5.41, 5.74) is 0. The van der Waals surface area contributed by atoms with E-state index in [0.717, 1.165) is 19.3 Å². The first-order chi connectivity index (χ1) is 9.45. The topological polar surface area (TPSA) is 98.7 Å². The number of amides is 2. The van der Waals surface area contributed by atoms with E-state index in [2.05, 4.69) is 10.6 Å². The van der Waals surface area contributed by atoms with Crippen molar-refractivity contribution in [1.29, 1.82) is 0 Å². The maximum absolute atomic E-state index is 11.8. The van der Waals surface area contributed by atoms with Crippen LogP contribution in [0.5, 0.6) is 0 Å². The van der Waals surface area contributed by atoms with E-state index in [9.17, 15) is 14.4 Å². The Bertz CT molecular complexity index is 369. The molecule has 7 nitrogen and oxygen atoms in total. The van der Waals surface area contributed by atoms with Gasteiger partial charge in [0.2, 0.25) is 11.8 Å². The van der Waals surface area contributed by atoms with Crippen LogP contribution in [-0.4, -0.2) is 60.5 Å². The molecule has 0 aliphatic heterocycles. The van der Waals surface area contributed by atoms with Crippen molar-refractivity contribution in [2.45, 2.75) is 32.2 Å². The summed E-state index contributed by atoms with van der Waals surface area (Å²) in [5.74, 6) is -1.30. The standard InChI is InChI=1S/C13H23N3O4/c1-3-6-14-10(17)8-16(2)11(18)7-15-12(13(19)20)9-4-5-9/h9,12,15H,3-8H2,1-2H3,(H,14,17)(H,19,20). The highest BCUT2D eigenvalue weighted by molar-refractivity contribution is 5.86. The van der Waals surface area contributed by atoms with Crippen molar-refractivity contribution in [3.8, 4) is 0 Å². The fraction of sp³-hybridized carbons (Fsp3) is 0.769. The van der Waals surface area contributed by atoms with Crippen LogP contribution in [0.4, 0.5) is 0 Å². The molecule has 1 saturated carbocycles. The zero-order valence-electron chi connectivity index (χ0n) is 12.0. The Morgan fingerprint density at radius 2 is 2.00 bits per heavy atom. The van der Waals surface area contributed by atoms with Crippen molar-refractivity contribution in [2.24, 2.45) is 5.92 Å². The van der Waals surface area contributed by atoms with Crippen LogP contribution in [0.25, 0.3) is 0 Å². The highest BCUT2D eigenvalue weighted by atomic mass is 16.4. The molecule has 1 atom stereocenters. The lowest BCUT2D eigenvalue weighted by molar-refractivity contribution is -0.140. The molecule has 0 aromatic carbocycles. The predicted molar refractivity (Wildman–Crippen MR) is 73.1 cm³/mol. The molecule has 1 rings (SSSR count). The summed E-state index contributed by atoms with van der Waals surface area (Å²) in [6.07, 6.45) is 2.60. The normalized spacial score (nSPS) is 15.5. The first kappa shape index (κ1) is 16.4. The van der Waals surface area contributed by atoms with E-state index in [1.54, 1.807) is 0 Å². The first-order valence-electron chi connectivity index (χ1n) is 6.92. The Kier molecular flexibility index (Phi) is 6.44. The van der Waals surface area contributed by atoms with Crippen LogP contribution in [0.2, 0.25) is 0 Å². The highest BCUT2D eigenvalue weighted by Crippen LogP contribution is 2.32. The third-order valence-electron chi connectivity index (χ3n) is 3.21. The number of nitrogens with zero attached hydrogens (tertiary/aromatic N) is 1. The van der Waals surface area contributed by atoms with Crippen molar-refractivity contribution in [3.63, 3.8) is 0 Å². The summed E-state index contributed by atoms with van der Waals surface area (Å²) >= 11 is 0. The quantitative estimate of drug-likeness (QED) is 0.526. The van der Waals surface area contributed by atoms with Crippen molar-refractivity contribution < 1.29 is 19.5 Å². The molecule has 20 heavy (non-hydrogen) atoms. The molecule has 0 heterocycles. The molecule has 1 aliphatic carbocycles. The SMILES string of the molecule is CCCNC(=O)CN(C)C(=O)CNC(C(=O)O)C1CC1. The fourth-order valence-electron chi connectivity index (χ4n) is 1.84. The van der Waals surface area contributed by atoms with Crippen LogP contribution in [0.1, 0.15) is 26.2 Å². The maximum Gasteiger partial charge on any atom is 0.320 e. The van der Waals surface area contributed by atoms with Crippen LogP contribution in [0, 0.1) is 5.92 Å². The smallest absolute Gasteiger partial charge is 0.320 e. The van der Waals surface area contributed by atoms with Crippen LogP contribution in [0.3, 0.4) is 0 Å². The zero-order valence-corrected chi connectivity index (χ0v) is 12.0. The minimum absolute atomic E-state index is 0.0122. The molecule has 1 aliphatic rings. The molecule has 0 aromatic rings. The van der Waals surface area contributed by atoms with Crippen LogP contribution >= 0.6 is 0 Å². The largest absolute Gasteiger partial charge is 0.480 e. The molecule has 1 unspecified atom stereocenters. The number of hydrogen-bond donors (Lipinski definition) is 3. The van der Waals surface area contributed by atoms with Gasteiger partial charge in [-0.05, 0) is 25.2 Å². The van der Waals surface area contributed by atoms with E-state index in [-0.39, 0.29) is 30.8 Å². The third kappa shape index (κ3) is 5.56. The summed E-state index contributed by atoms with van der Waals surface area (Å²) in [4.78, 5) is 35.6. The van der Waals surface area contributed by atoms with Crippen molar-refractivity contribution in [3.05, 3.63) is 0 Å². The zero-order chi connectivity index (χ0) is 15.1. The van der Waals surface area contributed by atoms with Crippen molar-refractivity contribution >= 4 is 17.8 Å². The van der Waals surface area contributed by atoms with Crippen LogP contribution < -0.4 is 10.6 Å². The Balaban J connectivity index is 2.30. The van der Waals surface area contributed by atoms with Gasteiger partial charge >= 0.3 is 5.97 Å². The predicted octanol–water partition coefficient (Wildman–Crippen LogP) is -0.576. The lowest BCUT2D eigenvalue weighted by atomic mass is 10.2. The van der Waals surface area contributed by atoms with Gasteiger partial charge in [-0.1, -0.05) is 6.92 Å². The van der Waals surface area contributed by atoms with Gasteiger partial charge in [0, 0.05) is 13.6 Å². The maximum atomic E-state index is 11.8. The number of hydrogen-bond acceptors (Lipinski definition) is 4. The number of carbonyl (C=O) groups excluding carboxylic acids is 2. The number of likely N-dealkylation sites (N-methyl/N-ethyl adjacent to an activating group) is 1. The Morgan fingerprint density at radius 3 is 2.50 bits per heavy atom. The van der Waals surface area contributed by atoms with Gasteiger partial charge in [-0.25, -0.2) is 0 Å². The number of carboxylic acids is 1. The van der Waals surface area contributed by atoms with Gasteiger partial charge in [-0.2, -0.15) is 0 Å². The number of rotatable bonds is 9. The summed E-state index contributed by atoms with van der Waals surface area (Å²) in [7, 11) is 1.53. The monoisotopic (exact) mass is 285 g/mol. The molecule has 0 bridgehead atoms. The van der Waals surface area contributed by atoms with Gasteiger partial charge in [-0.15, -0.1) is 0 Å². The third-order valence-corrected chi connectivity index (χ3v) is 3.21. The highest BCUT2D eigenvalue weighted by Gasteiger charge is 2.36. The summed E-state index contributed by atoms with van der Waals surface area (Å²) in [5, 5.41) is 14.5. The summed E-state index contributed by atoms with van der Waals surface area (Å²) in [6, 6.07) is -0.665. The number of carboxylic acid groups (broad SMARTS) is 1. The Labute approximate surface area is 118 Å². The molecule has 0 aromatic heterocycles. The van der Waals surface area contributed by atoms with Crippen LogP contribution in [0.15, 0.2) is 0 Å². The van der Waals surface area contributed by atoms with E-state index in [1.807, 2.05) is 6.92 Å². The minimum atomic E-state index is -0.927. The second-order valence-corrected chi connectivity index (χ2v) is 5.13. The van der Waals surface area contributed by atoms with Crippen LogP contribution in [-0.2, 0) is 14.4 Å². The molecule has 1 fully saturated rings. The summed E-state index contributed by atoms with van der Waals surface area (Å²) < 4.78 is 0. The average molecular weight is 285 g/mol. The van der Waals surface area contributed by atoms with E-state index >= 15 is 0 Å². The van der Waals surface area contributed by atoms with Crippen molar-refractivity contribution in [1.82, 2.24) is 15.5 Å². The van der Waals surface area contributed by atoms with Gasteiger partial charge in [-0.3, -0.25) is 19.7 Å². The van der Waals surface area contributed by atoms with Gasteiger partial charge < -0.3 is 15.3 Å². The Hall–Kier alpha value is -1.63. The van der Waals surface area contributed by atoms with E-state index < -0.39 is 12.0 Å². The number of aliphatic carboxylic acids is 1. The molecule has 2 amide bonds. The van der Waals surface area contributed by atoms with E-state index in [1.165, 1.54) is 11.9 Å². The van der Waals surface area contributed by atoms with E-state index in [4.69, 9.17) is 5.11 Å². The molecule has 0 spiro atoms. The lowest BCUT2D eigenvalue weighted by Gasteiger charge is -2.19. The van der Waals surface area contributed by atoms with Gasteiger partial charge in [0.1, 0.15) is 6.04 Å². The molecule has 0 saturated heterocycles. The van der Waals surface area contributed by atoms with Gasteiger partial charge in [0.05, 0.1) is 13.1 Å². The number of nitrogens with one attached hydrogen (secondary N) is 2. The molecule has 3 N–H and O–H groups in total. The molecule has 114 valence electrons. The molecule has 7 heteroatoms. The molecule has 0 radical (unpaired) electrons.